The monoisotopic (exact) mass is 302 g/mol. The third-order valence-corrected chi connectivity index (χ3v) is 6.02. The first-order chi connectivity index (χ1) is 10.3. The number of fused-ring (bicyclic) bond motifs is 1. The van der Waals surface area contributed by atoms with Crippen LogP contribution in [0.5, 0.6) is 0 Å². The van der Waals surface area contributed by atoms with Gasteiger partial charge in [-0.1, -0.05) is 0 Å². The van der Waals surface area contributed by atoms with Crippen LogP contribution in [-0.2, 0) is 0 Å². The predicted octanol–water partition coefficient (Wildman–Crippen LogP) is 3.27. The lowest BCUT2D eigenvalue weighted by molar-refractivity contribution is 0.243. The van der Waals surface area contributed by atoms with Gasteiger partial charge in [-0.15, -0.1) is 11.8 Å². The number of imidazole rings is 1. The molecule has 112 valence electrons. The summed E-state index contributed by atoms with van der Waals surface area (Å²) >= 11 is 2.06. The molecule has 21 heavy (non-hydrogen) atoms. The van der Waals surface area contributed by atoms with Gasteiger partial charge >= 0.3 is 0 Å². The average molecular weight is 302 g/mol. The maximum absolute atomic E-state index is 4.98. The molecule has 4 nitrogen and oxygen atoms in total. The molecule has 4 rings (SSSR count). The molecule has 2 atom stereocenters. The van der Waals surface area contributed by atoms with Crippen molar-refractivity contribution in [3.63, 3.8) is 0 Å². The van der Waals surface area contributed by atoms with Crippen LogP contribution in [-0.4, -0.2) is 45.3 Å². The van der Waals surface area contributed by atoms with Crippen LogP contribution in [0.2, 0.25) is 0 Å². The highest BCUT2D eigenvalue weighted by molar-refractivity contribution is 7.99. The molecule has 0 aliphatic carbocycles. The van der Waals surface area contributed by atoms with E-state index < -0.39 is 0 Å². The molecule has 0 amide bonds. The van der Waals surface area contributed by atoms with Crippen LogP contribution in [0.1, 0.15) is 42.8 Å². The molecule has 2 saturated heterocycles. The number of piperidine rings is 1. The van der Waals surface area contributed by atoms with Gasteiger partial charge in [0.15, 0.2) is 5.65 Å². The van der Waals surface area contributed by atoms with Crippen molar-refractivity contribution in [3.8, 4) is 0 Å². The first-order valence-electron chi connectivity index (χ1n) is 7.96. The average Bonchev–Trinajstić information content (AvgIpc) is 3.14. The molecule has 2 aromatic rings. The highest BCUT2D eigenvalue weighted by Gasteiger charge is 2.29. The second-order valence-electron chi connectivity index (χ2n) is 6.26. The van der Waals surface area contributed by atoms with Crippen LogP contribution in [0.15, 0.2) is 18.3 Å². The number of nitrogens with zero attached hydrogens (tertiary/aromatic N) is 4. The van der Waals surface area contributed by atoms with Crippen LogP contribution >= 0.6 is 11.8 Å². The van der Waals surface area contributed by atoms with E-state index in [9.17, 15) is 0 Å². The van der Waals surface area contributed by atoms with E-state index in [4.69, 9.17) is 4.98 Å². The Balaban J connectivity index is 1.80. The number of aromatic nitrogens is 3. The van der Waals surface area contributed by atoms with E-state index in [1.165, 1.54) is 43.8 Å². The second-order valence-corrected chi connectivity index (χ2v) is 7.54. The smallest absolute Gasteiger partial charge is 0.160 e. The minimum absolute atomic E-state index is 0.534. The molecule has 2 unspecified atom stereocenters. The summed E-state index contributed by atoms with van der Waals surface area (Å²) in [6.07, 6.45) is 6.99. The van der Waals surface area contributed by atoms with Gasteiger partial charge in [-0.3, -0.25) is 4.57 Å². The van der Waals surface area contributed by atoms with Crippen molar-refractivity contribution in [2.75, 3.05) is 25.9 Å². The van der Waals surface area contributed by atoms with Crippen LogP contribution in [0, 0.1) is 0 Å². The maximum atomic E-state index is 4.98. The van der Waals surface area contributed by atoms with Crippen molar-refractivity contribution in [3.05, 3.63) is 24.2 Å². The molecule has 0 bridgehead atoms. The molecular weight excluding hydrogens is 280 g/mol. The fraction of sp³-hybridized carbons (Fsp3) is 0.625. The fourth-order valence-corrected chi connectivity index (χ4v) is 4.96. The minimum Gasteiger partial charge on any atom is -0.306 e. The SMILES string of the molecule is CN1CCCC(c2nc3cccnc3n2C2CCCS2)C1. The highest BCUT2D eigenvalue weighted by atomic mass is 32.2. The number of pyridine rings is 1. The Kier molecular flexibility index (Phi) is 3.63. The summed E-state index contributed by atoms with van der Waals surface area (Å²) < 4.78 is 2.46. The Labute approximate surface area is 129 Å². The number of rotatable bonds is 2. The standard InChI is InChI=1S/C16H22N4S/c1-19-9-3-5-12(11-19)15-18-13-6-2-8-17-16(13)20(15)14-7-4-10-21-14/h2,6,8,12,14H,3-5,7,9-11H2,1H3. The third kappa shape index (κ3) is 2.46. The van der Waals surface area contributed by atoms with Gasteiger partial charge in [0.1, 0.15) is 11.3 Å². The van der Waals surface area contributed by atoms with E-state index in [1.54, 1.807) is 0 Å². The molecule has 5 heteroatoms. The predicted molar refractivity (Wildman–Crippen MR) is 87.7 cm³/mol. The second kappa shape index (κ2) is 5.61. The van der Waals surface area contributed by atoms with Crippen molar-refractivity contribution >= 4 is 22.9 Å². The molecule has 0 radical (unpaired) electrons. The number of likely N-dealkylation sites (tertiary alicyclic amines) is 1. The third-order valence-electron chi connectivity index (χ3n) is 4.66. The number of hydrogen-bond donors (Lipinski definition) is 0. The van der Waals surface area contributed by atoms with Gasteiger partial charge in [0, 0.05) is 18.7 Å². The van der Waals surface area contributed by atoms with E-state index in [-0.39, 0.29) is 0 Å². The Bertz CT molecular complexity index is 632. The Morgan fingerprint density at radius 2 is 2.24 bits per heavy atom. The Morgan fingerprint density at radius 1 is 1.29 bits per heavy atom. The van der Waals surface area contributed by atoms with Gasteiger partial charge in [0.05, 0.1) is 5.37 Å². The minimum atomic E-state index is 0.534. The lowest BCUT2D eigenvalue weighted by Crippen LogP contribution is -2.32. The van der Waals surface area contributed by atoms with Crippen molar-refractivity contribution in [1.29, 1.82) is 0 Å². The molecule has 2 aromatic heterocycles. The first-order valence-corrected chi connectivity index (χ1v) is 9.01. The summed E-state index contributed by atoms with van der Waals surface area (Å²) in [4.78, 5) is 12.0. The molecule has 4 heterocycles. The van der Waals surface area contributed by atoms with Crippen LogP contribution in [0.4, 0.5) is 0 Å². The fourth-order valence-electron chi connectivity index (χ4n) is 3.66. The topological polar surface area (TPSA) is 34.0 Å². The summed E-state index contributed by atoms with van der Waals surface area (Å²) in [5, 5.41) is 0.534. The number of thioether (sulfide) groups is 1. The number of hydrogen-bond acceptors (Lipinski definition) is 4. The van der Waals surface area contributed by atoms with Crippen molar-refractivity contribution in [1.82, 2.24) is 19.4 Å². The molecule has 2 aliphatic rings. The lowest BCUT2D eigenvalue weighted by atomic mass is 9.97. The van der Waals surface area contributed by atoms with Gasteiger partial charge < -0.3 is 4.90 Å². The first kappa shape index (κ1) is 13.6. The zero-order valence-corrected chi connectivity index (χ0v) is 13.4. The molecular formula is C16H22N4S. The van der Waals surface area contributed by atoms with Gasteiger partial charge in [0.25, 0.3) is 0 Å². The lowest BCUT2D eigenvalue weighted by Gasteiger charge is -2.30. The highest BCUT2D eigenvalue weighted by Crippen LogP contribution is 2.40. The van der Waals surface area contributed by atoms with Crippen LogP contribution < -0.4 is 0 Å². The summed E-state index contributed by atoms with van der Waals surface area (Å²) in [5.74, 6) is 3.09. The van der Waals surface area contributed by atoms with Crippen LogP contribution in [0.3, 0.4) is 0 Å². The van der Waals surface area contributed by atoms with E-state index in [2.05, 4.69) is 39.3 Å². The van der Waals surface area contributed by atoms with Crippen molar-refractivity contribution in [2.24, 2.45) is 0 Å². The zero-order valence-electron chi connectivity index (χ0n) is 12.5. The quantitative estimate of drug-likeness (QED) is 0.852. The normalized spacial score (nSPS) is 27.5. The molecule has 2 aliphatic heterocycles. The molecule has 2 fully saturated rings. The van der Waals surface area contributed by atoms with Gasteiger partial charge in [-0.25, -0.2) is 9.97 Å². The van der Waals surface area contributed by atoms with E-state index in [1.807, 2.05) is 12.3 Å². The Hall–Kier alpha value is -1.07. The summed E-state index contributed by atoms with van der Waals surface area (Å²) in [6, 6.07) is 4.10. The van der Waals surface area contributed by atoms with E-state index in [0.29, 0.717) is 11.3 Å². The maximum Gasteiger partial charge on any atom is 0.160 e. The van der Waals surface area contributed by atoms with Crippen molar-refractivity contribution in [2.45, 2.75) is 37.0 Å². The van der Waals surface area contributed by atoms with E-state index >= 15 is 0 Å². The van der Waals surface area contributed by atoms with Gasteiger partial charge in [-0.05, 0) is 57.2 Å². The summed E-state index contributed by atoms with van der Waals surface area (Å²) in [5.41, 5.74) is 2.15. The van der Waals surface area contributed by atoms with E-state index in [0.717, 1.165) is 17.7 Å². The molecule has 0 N–H and O–H groups in total. The molecule has 0 aromatic carbocycles. The Morgan fingerprint density at radius 3 is 3.05 bits per heavy atom. The van der Waals surface area contributed by atoms with Gasteiger partial charge in [0.2, 0.25) is 0 Å². The van der Waals surface area contributed by atoms with Crippen molar-refractivity contribution < 1.29 is 0 Å². The van der Waals surface area contributed by atoms with Gasteiger partial charge in [-0.2, -0.15) is 0 Å². The molecule has 0 saturated carbocycles. The summed E-state index contributed by atoms with van der Waals surface area (Å²) in [6.45, 7) is 2.34. The zero-order chi connectivity index (χ0) is 14.2. The van der Waals surface area contributed by atoms with Crippen LogP contribution in [0.25, 0.3) is 11.2 Å². The number of likely N-dealkylation sites (N-methyl/N-ethyl adjacent to an activating group) is 1. The largest absolute Gasteiger partial charge is 0.306 e. The molecule has 0 spiro atoms. The summed E-state index contributed by atoms with van der Waals surface area (Å²) in [7, 11) is 2.22.